The third-order valence-corrected chi connectivity index (χ3v) is 4.21. The minimum absolute atomic E-state index is 0.0747. The molecule has 0 aliphatic carbocycles. The van der Waals surface area contributed by atoms with Crippen LogP contribution < -0.4 is 5.73 Å². The van der Waals surface area contributed by atoms with Gasteiger partial charge in [-0.3, -0.25) is 4.79 Å². The van der Waals surface area contributed by atoms with Crippen molar-refractivity contribution in [2.75, 3.05) is 18.9 Å². The number of aromatic nitrogens is 3. The zero-order valence-corrected chi connectivity index (χ0v) is 14.5. The Morgan fingerprint density at radius 3 is 2.92 bits per heavy atom. The van der Waals surface area contributed by atoms with Crippen LogP contribution in [0.4, 0.5) is 5.95 Å². The van der Waals surface area contributed by atoms with Gasteiger partial charge in [0.05, 0.1) is 36.7 Å². The highest BCUT2D eigenvalue weighted by atomic mass is 35.5. The zero-order valence-electron chi connectivity index (χ0n) is 13.7. The molecule has 25 heavy (non-hydrogen) atoms. The molecule has 0 spiro atoms. The van der Waals surface area contributed by atoms with Gasteiger partial charge in [-0.05, 0) is 36.8 Å². The number of nitrogens with two attached hydrogens (primary N) is 1. The van der Waals surface area contributed by atoms with Crippen LogP contribution in [-0.2, 0) is 9.53 Å². The summed E-state index contributed by atoms with van der Waals surface area (Å²) in [5, 5.41) is 0.300. The third kappa shape index (κ3) is 3.62. The monoisotopic (exact) mass is 359 g/mol. The summed E-state index contributed by atoms with van der Waals surface area (Å²) in [4.78, 5) is 26.4. The zero-order chi connectivity index (χ0) is 18.0. The maximum atomic E-state index is 12.3. The summed E-state index contributed by atoms with van der Waals surface area (Å²) in [6.45, 7) is 6.37. The largest absolute Gasteiger partial charge is 0.377 e. The number of ether oxygens (including phenoxy) is 1. The van der Waals surface area contributed by atoms with E-state index in [1.54, 1.807) is 23.2 Å². The number of carbonyl (C=O) groups is 1. The SMILES string of the molecule is C=CC(=O)N1[C@H](C)COC[C@H]1c1cc(Cl)nc(-c2ccnc(N)n2)c1. The Labute approximate surface area is 150 Å². The van der Waals surface area contributed by atoms with Gasteiger partial charge in [0.15, 0.2) is 0 Å². The molecule has 0 radical (unpaired) electrons. The summed E-state index contributed by atoms with van der Waals surface area (Å²) >= 11 is 6.21. The van der Waals surface area contributed by atoms with Gasteiger partial charge in [0, 0.05) is 6.20 Å². The number of morpholine rings is 1. The number of pyridine rings is 1. The molecule has 2 N–H and O–H groups in total. The third-order valence-electron chi connectivity index (χ3n) is 4.01. The van der Waals surface area contributed by atoms with E-state index in [1.165, 1.54) is 6.08 Å². The lowest BCUT2D eigenvalue weighted by Gasteiger charge is -2.40. The molecule has 8 heteroatoms. The Morgan fingerprint density at radius 2 is 2.20 bits per heavy atom. The van der Waals surface area contributed by atoms with E-state index in [0.29, 0.717) is 29.8 Å². The molecule has 3 rings (SSSR count). The van der Waals surface area contributed by atoms with E-state index in [1.807, 2.05) is 13.0 Å². The van der Waals surface area contributed by atoms with Crippen LogP contribution in [0.3, 0.4) is 0 Å². The van der Waals surface area contributed by atoms with Gasteiger partial charge in [0.1, 0.15) is 5.15 Å². The summed E-state index contributed by atoms with van der Waals surface area (Å²) < 4.78 is 5.64. The molecule has 1 saturated heterocycles. The summed E-state index contributed by atoms with van der Waals surface area (Å²) in [6.07, 6.45) is 2.86. The fourth-order valence-corrected chi connectivity index (χ4v) is 3.12. The number of hydrogen-bond donors (Lipinski definition) is 1. The molecule has 1 fully saturated rings. The van der Waals surface area contributed by atoms with E-state index in [0.717, 1.165) is 5.56 Å². The summed E-state index contributed by atoms with van der Waals surface area (Å²) in [7, 11) is 0. The second-order valence-corrected chi connectivity index (χ2v) is 6.15. The molecule has 2 aromatic rings. The van der Waals surface area contributed by atoms with Gasteiger partial charge in [-0.2, -0.15) is 0 Å². The van der Waals surface area contributed by atoms with Crippen molar-refractivity contribution in [3.8, 4) is 11.4 Å². The lowest BCUT2D eigenvalue weighted by Crippen LogP contribution is -2.48. The molecular weight excluding hydrogens is 342 g/mol. The molecule has 1 aliphatic rings. The van der Waals surface area contributed by atoms with Crippen molar-refractivity contribution >= 4 is 23.5 Å². The van der Waals surface area contributed by atoms with Gasteiger partial charge in [0.2, 0.25) is 11.9 Å². The number of amides is 1. The second kappa shape index (κ2) is 7.16. The van der Waals surface area contributed by atoms with Crippen molar-refractivity contribution in [1.29, 1.82) is 0 Å². The summed E-state index contributed by atoms with van der Waals surface area (Å²) in [5.74, 6) is 0.000439. The fraction of sp³-hybridized carbons (Fsp3) is 0.294. The van der Waals surface area contributed by atoms with Crippen LogP contribution in [0, 0.1) is 0 Å². The van der Waals surface area contributed by atoms with Gasteiger partial charge in [-0.25, -0.2) is 15.0 Å². The number of hydrogen-bond acceptors (Lipinski definition) is 6. The van der Waals surface area contributed by atoms with Gasteiger partial charge in [-0.1, -0.05) is 18.2 Å². The number of nitrogens with zero attached hydrogens (tertiary/aromatic N) is 4. The molecule has 2 aromatic heterocycles. The van der Waals surface area contributed by atoms with Crippen LogP contribution in [0.25, 0.3) is 11.4 Å². The Hall–Kier alpha value is -2.51. The lowest BCUT2D eigenvalue weighted by molar-refractivity contribution is -0.140. The van der Waals surface area contributed by atoms with E-state index < -0.39 is 0 Å². The number of carbonyl (C=O) groups excluding carboxylic acids is 1. The highest BCUT2D eigenvalue weighted by Crippen LogP contribution is 2.31. The molecule has 3 heterocycles. The second-order valence-electron chi connectivity index (χ2n) is 5.76. The first-order valence-electron chi connectivity index (χ1n) is 7.78. The molecule has 0 aromatic carbocycles. The summed E-state index contributed by atoms with van der Waals surface area (Å²) in [5.41, 5.74) is 7.57. The van der Waals surface area contributed by atoms with E-state index in [2.05, 4.69) is 21.5 Å². The first-order valence-corrected chi connectivity index (χ1v) is 8.16. The first kappa shape index (κ1) is 17.3. The van der Waals surface area contributed by atoms with Crippen LogP contribution >= 0.6 is 11.6 Å². The highest BCUT2D eigenvalue weighted by Gasteiger charge is 2.32. The van der Waals surface area contributed by atoms with Crippen LogP contribution in [0.15, 0.2) is 37.1 Å². The van der Waals surface area contributed by atoms with E-state index in [-0.39, 0.29) is 23.9 Å². The average Bonchev–Trinajstić information content (AvgIpc) is 2.60. The minimum Gasteiger partial charge on any atom is -0.377 e. The Morgan fingerprint density at radius 1 is 1.40 bits per heavy atom. The molecule has 0 bridgehead atoms. The topological polar surface area (TPSA) is 94.2 Å². The van der Waals surface area contributed by atoms with E-state index >= 15 is 0 Å². The smallest absolute Gasteiger partial charge is 0.246 e. The van der Waals surface area contributed by atoms with Crippen LogP contribution in [0.1, 0.15) is 18.5 Å². The van der Waals surface area contributed by atoms with Crippen LogP contribution in [-0.4, -0.2) is 45.0 Å². The maximum Gasteiger partial charge on any atom is 0.246 e. The molecule has 1 amide bonds. The first-order chi connectivity index (χ1) is 12.0. The minimum atomic E-state index is -0.285. The molecule has 7 nitrogen and oxygen atoms in total. The van der Waals surface area contributed by atoms with Gasteiger partial charge < -0.3 is 15.4 Å². The van der Waals surface area contributed by atoms with E-state index in [9.17, 15) is 4.79 Å². The normalized spacial score (nSPS) is 20.3. The molecule has 2 atom stereocenters. The Kier molecular flexibility index (Phi) is 4.96. The van der Waals surface area contributed by atoms with Crippen LogP contribution in [0.2, 0.25) is 5.15 Å². The Bertz CT molecular complexity index is 813. The summed E-state index contributed by atoms with van der Waals surface area (Å²) in [6, 6.07) is 4.90. The quantitative estimate of drug-likeness (QED) is 0.667. The number of nitrogen functional groups attached to an aromatic ring is 1. The molecule has 0 saturated carbocycles. The van der Waals surface area contributed by atoms with Crippen molar-refractivity contribution in [2.24, 2.45) is 0 Å². The van der Waals surface area contributed by atoms with Gasteiger partial charge in [-0.15, -0.1) is 0 Å². The van der Waals surface area contributed by atoms with E-state index in [4.69, 9.17) is 22.1 Å². The molecular formula is C17H18ClN5O2. The molecule has 130 valence electrons. The van der Waals surface area contributed by atoms with Crippen LogP contribution in [0.5, 0.6) is 0 Å². The maximum absolute atomic E-state index is 12.3. The van der Waals surface area contributed by atoms with Crippen molar-refractivity contribution < 1.29 is 9.53 Å². The number of anilines is 1. The number of halogens is 1. The lowest BCUT2D eigenvalue weighted by atomic mass is 10.0. The van der Waals surface area contributed by atoms with Crippen molar-refractivity contribution in [1.82, 2.24) is 19.9 Å². The number of rotatable bonds is 3. The predicted molar refractivity (Wildman–Crippen MR) is 94.8 cm³/mol. The highest BCUT2D eigenvalue weighted by molar-refractivity contribution is 6.29. The van der Waals surface area contributed by atoms with Crippen molar-refractivity contribution in [2.45, 2.75) is 19.0 Å². The Balaban J connectivity index is 2.04. The van der Waals surface area contributed by atoms with Crippen molar-refractivity contribution in [3.05, 3.63) is 47.8 Å². The fourth-order valence-electron chi connectivity index (χ4n) is 2.91. The molecule has 0 unspecified atom stereocenters. The standard InChI is InChI=1S/C17H18ClN5O2/c1-3-16(24)23-10(2)8-25-9-14(23)11-6-13(21-15(18)7-11)12-4-5-20-17(19)22-12/h3-7,10,14H,1,8-9H2,2H3,(H2,19,20,22)/t10-,14+/m1/s1. The van der Waals surface area contributed by atoms with Crippen molar-refractivity contribution in [3.63, 3.8) is 0 Å². The van der Waals surface area contributed by atoms with Gasteiger partial charge >= 0.3 is 0 Å². The van der Waals surface area contributed by atoms with Gasteiger partial charge in [0.25, 0.3) is 0 Å². The average molecular weight is 360 g/mol. The predicted octanol–water partition coefficient (Wildman–Crippen LogP) is 2.25. The molecule has 1 aliphatic heterocycles.